The number of allylic oxidation sites excluding steroid dienone is 1. The number of hydrogen-bond acceptors (Lipinski definition) is 3. The highest BCUT2D eigenvalue weighted by Crippen LogP contribution is 2.28. The number of nitrogens with zero attached hydrogens (tertiary/aromatic N) is 2. The van der Waals surface area contributed by atoms with Crippen molar-refractivity contribution in [3.8, 4) is 0 Å². The first-order chi connectivity index (χ1) is 9.99. The van der Waals surface area contributed by atoms with Crippen LogP contribution in [-0.4, -0.2) is 15.3 Å². The smallest absolute Gasteiger partial charge is 0.263 e. The van der Waals surface area contributed by atoms with Crippen LogP contribution in [0.4, 0.5) is 0 Å². The molecule has 0 bridgehead atoms. The zero-order valence-corrected chi connectivity index (χ0v) is 12.5. The fraction of sp³-hybridized carbons (Fsp3) is 0.312. The highest BCUT2D eigenvalue weighted by molar-refractivity contribution is 6.35. The molecule has 21 heavy (non-hydrogen) atoms. The van der Waals surface area contributed by atoms with E-state index in [1.807, 2.05) is 0 Å². The number of benzene rings is 1. The Kier molecular flexibility index (Phi) is 3.41. The lowest BCUT2D eigenvalue weighted by Crippen LogP contribution is -2.34. The van der Waals surface area contributed by atoms with Crippen molar-refractivity contribution in [3.05, 3.63) is 51.6 Å². The van der Waals surface area contributed by atoms with Gasteiger partial charge in [-0.3, -0.25) is 14.2 Å². The second-order valence-corrected chi connectivity index (χ2v) is 5.82. The Labute approximate surface area is 127 Å². The van der Waals surface area contributed by atoms with Crippen molar-refractivity contribution in [2.45, 2.75) is 32.2 Å². The zero-order valence-electron chi connectivity index (χ0n) is 11.7. The normalized spacial score (nSPS) is 19.2. The Morgan fingerprint density at radius 3 is 2.86 bits per heavy atom. The van der Waals surface area contributed by atoms with E-state index in [-0.39, 0.29) is 11.3 Å². The summed E-state index contributed by atoms with van der Waals surface area (Å²) >= 11 is 6.13. The summed E-state index contributed by atoms with van der Waals surface area (Å²) in [6.45, 7) is 5.61. The summed E-state index contributed by atoms with van der Waals surface area (Å²) in [4.78, 5) is 29.4. The first kappa shape index (κ1) is 14.0. The van der Waals surface area contributed by atoms with Crippen molar-refractivity contribution < 1.29 is 4.79 Å². The van der Waals surface area contributed by atoms with Gasteiger partial charge in [-0.15, -0.1) is 0 Å². The van der Waals surface area contributed by atoms with Gasteiger partial charge in [0, 0.05) is 6.42 Å². The van der Waals surface area contributed by atoms with Crippen LogP contribution in [0.3, 0.4) is 0 Å². The Morgan fingerprint density at radius 1 is 1.38 bits per heavy atom. The van der Waals surface area contributed by atoms with Gasteiger partial charge in [-0.2, -0.15) is 0 Å². The maximum atomic E-state index is 12.8. The molecule has 1 aliphatic carbocycles. The fourth-order valence-electron chi connectivity index (χ4n) is 2.91. The molecule has 0 aliphatic heterocycles. The molecule has 5 heteroatoms. The Bertz CT molecular complexity index is 823. The van der Waals surface area contributed by atoms with Gasteiger partial charge < -0.3 is 0 Å². The number of hydrogen-bond donors (Lipinski definition) is 0. The molecular formula is C16H15ClN2O2. The summed E-state index contributed by atoms with van der Waals surface area (Å²) in [5.74, 6) is 0.560. The summed E-state index contributed by atoms with van der Waals surface area (Å²) in [7, 11) is 0. The van der Waals surface area contributed by atoms with E-state index in [1.54, 1.807) is 25.1 Å². The first-order valence-electron chi connectivity index (χ1n) is 6.86. The third-order valence-corrected chi connectivity index (χ3v) is 4.25. The minimum absolute atomic E-state index is 0.0182. The Hall–Kier alpha value is -1.94. The predicted octanol–water partition coefficient (Wildman–Crippen LogP) is 3.21. The van der Waals surface area contributed by atoms with Crippen molar-refractivity contribution in [1.82, 2.24) is 9.55 Å². The molecule has 1 aromatic heterocycles. The topological polar surface area (TPSA) is 52.0 Å². The third-order valence-electron chi connectivity index (χ3n) is 3.93. The van der Waals surface area contributed by atoms with E-state index in [0.29, 0.717) is 34.6 Å². The number of aryl methyl sites for hydroxylation is 1. The van der Waals surface area contributed by atoms with Gasteiger partial charge >= 0.3 is 0 Å². The second-order valence-electron chi connectivity index (χ2n) is 5.42. The summed E-state index contributed by atoms with van der Waals surface area (Å²) in [6, 6.07) is 4.72. The second kappa shape index (κ2) is 5.11. The molecule has 4 nitrogen and oxygen atoms in total. The molecule has 1 aromatic carbocycles. The quantitative estimate of drug-likeness (QED) is 0.760. The number of carbonyl (C=O) groups excluding carboxylic acids is 1. The Balaban J connectivity index is 2.24. The fourth-order valence-corrected chi connectivity index (χ4v) is 3.16. The van der Waals surface area contributed by atoms with Gasteiger partial charge in [0.25, 0.3) is 5.56 Å². The maximum absolute atomic E-state index is 12.8. The van der Waals surface area contributed by atoms with Gasteiger partial charge in [0.2, 0.25) is 0 Å². The molecule has 2 aromatic rings. The van der Waals surface area contributed by atoms with Crippen LogP contribution < -0.4 is 5.56 Å². The summed E-state index contributed by atoms with van der Waals surface area (Å²) in [5.41, 5.74) is 1.25. The van der Waals surface area contributed by atoms with E-state index in [1.165, 1.54) is 4.57 Å². The van der Waals surface area contributed by atoms with E-state index < -0.39 is 6.04 Å². The number of ketones is 1. The number of halogens is 1. The van der Waals surface area contributed by atoms with Crippen molar-refractivity contribution in [1.29, 1.82) is 0 Å². The molecule has 0 N–H and O–H groups in total. The van der Waals surface area contributed by atoms with Gasteiger partial charge in [-0.05, 0) is 31.9 Å². The van der Waals surface area contributed by atoms with Crippen LogP contribution in [0.15, 0.2) is 35.1 Å². The van der Waals surface area contributed by atoms with Crippen LogP contribution in [0, 0.1) is 6.92 Å². The standard InChI is InChI=1S/C16H15ClN2O2/c1-9-6-7-13(14(20)8-9)19-10(2)18-12-5-3-4-11(17)15(12)16(19)21/h3-5,13H,1,6-8H2,2H3. The van der Waals surface area contributed by atoms with Gasteiger partial charge in [0.1, 0.15) is 5.82 Å². The van der Waals surface area contributed by atoms with E-state index in [4.69, 9.17) is 11.6 Å². The molecule has 0 saturated heterocycles. The minimum Gasteiger partial charge on any atom is -0.297 e. The zero-order chi connectivity index (χ0) is 15.1. The predicted molar refractivity (Wildman–Crippen MR) is 82.8 cm³/mol. The van der Waals surface area contributed by atoms with E-state index in [0.717, 1.165) is 12.0 Å². The minimum atomic E-state index is -0.462. The molecule has 0 spiro atoms. The number of aromatic nitrogens is 2. The van der Waals surface area contributed by atoms with Crippen molar-refractivity contribution in [2.24, 2.45) is 0 Å². The highest BCUT2D eigenvalue weighted by atomic mass is 35.5. The van der Waals surface area contributed by atoms with Crippen LogP contribution in [0.5, 0.6) is 0 Å². The maximum Gasteiger partial charge on any atom is 0.263 e. The third kappa shape index (κ3) is 2.29. The van der Waals surface area contributed by atoms with Crippen LogP contribution in [-0.2, 0) is 4.79 Å². The highest BCUT2D eigenvalue weighted by Gasteiger charge is 2.28. The number of rotatable bonds is 1. The lowest BCUT2D eigenvalue weighted by atomic mass is 9.90. The summed E-state index contributed by atoms with van der Waals surface area (Å²) < 4.78 is 1.49. The molecular weight excluding hydrogens is 288 g/mol. The molecule has 1 fully saturated rings. The first-order valence-corrected chi connectivity index (χ1v) is 7.23. The largest absolute Gasteiger partial charge is 0.297 e. The lowest BCUT2D eigenvalue weighted by molar-refractivity contribution is -0.122. The van der Waals surface area contributed by atoms with Crippen molar-refractivity contribution >= 4 is 28.3 Å². The van der Waals surface area contributed by atoms with Crippen LogP contribution in [0.2, 0.25) is 5.02 Å². The van der Waals surface area contributed by atoms with Gasteiger partial charge in [-0.1, -0.05) is 29.8 Å². The molecule has 108 valence electrons. The average molecular weight is 303 g/mol. The lowest BCUT2D eigenvalue weighted by Gasteiger charge is -2.25. The monoisotopic (exact) mass is 302 g/mol. The van der Waals surface area contributed by atoms with E-state index in [9.17, 15) is 9.59 Å². The molecule has 1 atom stereocenters. The van der Waals surface area contributed by atoms with Crippen LogP contribution in [0.25, 0.3) is 10.9 Å². The van der Waals surface area contributed by atoms with Gasteiger partial charge in [0.15, 0.2) is 5.78 Å². The summed E-state index contributed by atoms with van der Waals surface area (Å²) in [5, 5.41) is 0.744. The van der Waals surface area contributed by atoms with E-state index in [2.05, 4.69) is 11.6 Å². The van der Waals surface area contributed by atoms with E-state index >= 15 is 0 Å². The van der Waals surface area contributed by atoms with Crippen LogP contribution in [0.1, 0.15) is 31.1 Å². The van der Waals surface area contributed by atoms with Crippen molar-refractivity contribution in [2.75, 3.05) is 0 Å². The summed E-state index contributed by atoms with van der Waals surface area (Å²) in [6.07, 6.45) is 1.68. The molecule has 0 radical (unpaired) electrons. The molecule has 3 rings (SSSR count). The molecule has 0 amide bonds. The van der Waals surface area contributed by atoms with Gasteiger partial charge in [0.05, 0.1) is 22.0 Å². The molecule has 1 aliphatic rings. The molecule has 1 heterocycles. The number of Topliss-reactive ketones (excluding diaryl/α,β-unsaturated/α-hetero) is 1. The number of carbonyl (C=O) groups is 1. The number of fused-ring (bicyclic) bond motifs is 1. The molecule has 1 saturated carbocycles. The molecule has 1 unspecified atom stereocenters. The Morgan fingerprint density at radius 2 is 2.14 bits per heavy atom. The van der Waals surface area contributed by atoms with Gasteiger partial charge in [-0.25, -0.2) is 4.98 Å². The average Bonchev–Trinajstić information content (AvgIpc) is 2.40. The van der Waals surface area contributed by atoms with Crippen molar-refractivity contribution in [3.63, 3.8) is 0 Å². The SMILES string of the molecule is C=C1CCC(n2c(C)nc3cccc(Cl)c3c2=O)C(=O)C1. The van der Waals surface area contributed by atoms with Crippen LogP contribution >= 0.6 is 11.6 Å².